The molecule has 0 fully saturated rings. The number of carbonyl (C=O) groups is 1. The molecule has 0 heterocycles. The third kappa shape index (κ3) is 4.51. The molecule has 5 heteroatoms. The topological polar surface area (TPSA) is 37.3 Å². The number of aliphatic carboxylic acids is 1. The minimum atomic E-state index is -1.29. The molecule has 0 aliphatic carbocycles. The fourth-order valence-electron chi connectivity index (χ4n) is 0.417. The Labute approximate surface area is 79.7 Å². The molecule has 0 aliphatic rings. The van der Waals surface area contributed by atoms with Gasteiger partial charge in [-0.15, -0.1) is 11.6 Å². The molecular weight excluding hydrogens is 210 g/mol. The van der Waals surface area contributed by atoms with Crippen molar-refractivity contribution < 1.29 is 9.90 Å². The summed E-state index contributed by atoms with van der Waals surface area (Å²) in [5.41, 5.74) is 0.0793. The van der Waals surface area contributed by atoms with Crippen LogP contribution in [0.1, 0.15) is 6.92 Å². The van der Waals surface area contributed by atoms with Gasteiger partial charge in [-0.25, -0.2) is 4.79 Å². The van der Waals surface area contributed by atoms with Crippen molar-refractivity contribution in [1.29, 1.82) is 0 Å². The van der Waals surface area contributed by atoms with E-state index in [2.05, 4.69) is 0 Å². The van der Waals surface area contributed by atoms with Crippen LogP contribution in [0.4, 0.5) is 0 Å². The highest BCUT2D eigenvalue weighted by Crippen LogP contribution is 2.25. The largest absolute Gasteiger partial charge is 0.478 e. The number of hydrogen-bond donors (Lipinski definition) is 1. The van der Waals surface area contributed by atoms with Crippen molar-refractivity contribution in [2.24, 2.45) is 0 Å². The minimum absolute atomic E-state index is 0.0409. The van der Waals surface area contributed by atoms with Gasteiger partial charge in [0.2, 0.25) is 0 Å². The van der Waals surface area contributed by atoms with E-state index in [0.29, 0.717) is 0 Å². The Hall–Kier alpha value is 0.0800. The van der Waals surface area contributed by atoms with Gasteiger partial charge in [0.15, 0.2) is 4.33 Å². The van der Waals surface area contributed by atoms with E-state index >= 15 is 0 Å². The molecule has 0 rings (SSSR count). The van der Waals surface area contributed by atoms with E-state index in [1.807, 2.05) is 0 Å². The smallest absolute Gasteiger partial charge is 0.331 e. The number of halogens is 3. The van der Waals surface area contributed by atoms with Gasteiger partial charge < -0.3 is 5.11 Å². The lowest BCUT2D eigenvalue weighted by Crippen LogP contribution is -2.13. The predicted molar refractivity (Wildman–Crippen MR) is 46.5 cm³/mol. The van der Waals surface area contributed by atoms with E-state index < -0.39 is 10.3 Å². The van der Waals surface area contributed by atoms with Gasteiger partial charge in [0, 0.05) is 5.57 Å². The van der Waals surface area contributed by atoms with E-state index in [9.17, 15) is 4.79 Å². The Kier molecular flexibility index (Phi) is 4.22. The molecule has 0 radical (unpaired) electrons. The van der Waals surface area contributed by atoms with Crippen LogP contribution in [0.5, 0.6) is 0 Å². The fraction of sp³-hybridized carbons (Fsp3) is 0.500. The van der Waals surface area contributed by atoms with Gasteiger partial charge >= 0.3 is 5.97 Å². The lowest BCUT2D eigenvalue weighted by atomic mass is 10.2. The highest BCUT2D eigenvalue weighted by atomic mass is 35.5. The molecular formula is C6H7Cl3O2. The molecule has 0 bridgehead atoms. The molecule has 0 aliphatic heterocycles. The molecule has 0 aromatic carbocycles. The molecule has 0 unspecified atom stereocenters. The van der Waals surface area contributed by atoms with Crippen molar-refractivity contribution in [2.75, 3.05) is 5.88 Å². The summed E-state index contributed by atoms with van der Waals surface area (Å²) < 4.78 is -1.29. The number of alkyl halides is 3. The quantitative estimate of drug-likeness (QED) is 0.582. The Morgan fingerprint density at radius 1 is 1.64 bits per heavy atom. The molecule has 0 aromatic rings. The first-order valence-corrected chi connectivity index (χ1v) is 4.04. The van der Waals surface area contributed by atoms with Crippen molar-refractivity contribution in [3.05, 3.63) is 11.6 Å². The molecule has 0 saturated carbocycles. The van der Waals surface area contributed by atoms with Gasteiger partial charge in [-0.05, 0) is 13.0 Å². The minimum Gasteiger partial charge on any atom is -0.478 e. The second-order valence-corrected chi connectivity index (χ2v) is 3.84. The molecule has 0 spiro atoms. The molecule has 0 saturated heterocycles. The highest BCUT2D eigenvalue weighted by Gasteiger charge is 2.20. The van der Waals surface area contributed by atoms with Gasteiger partial charge in [-0.1, -0.05) is 23.2 Å². The number of carboxylic acid groups (broad SMARTS) is 1. The molecule has 1 N–H and O–H groups in total. The zero-order valence-electron chi connectivity index (χ0n) is 5.77. The average Bonchev–Trinajstić information content (AvgIpc) is 1.87. The molecule has 0 aromatic heterocycles. The van der Waals surface area contributed by atoms with Gasteiger partial charge in [0.05, 0.1) is 5.88 Å². The highest BCUT2D eigenvalue weighted by molar-refractivity contribution is 6.53. The maximum absolute atomic E-state index is 10.3. The van der Waals surface area contributed by atoms with E-state index in [-0.39, 0.29) is 11.5 Å². The van der Waals surface area contributed by atoms with Crippen molar-refractivity contribution in [3.8, 4) is 0 Å². The van der Waals surface area contributed by atoms with Crippen molar-refractivity contribution in [1.82, 2.24) is 0 Å². The molecule has 2 nitrogen and oxygen atoms in total. The molecule has 64 valence electrons. The normalized spacial score (nSPS) is 13.3. The molecule has 11 heavy (non-hydrogen) atoms. The zero-order chi connectivity index (χ0) is 9.07. The maximum Gasteiger partial charge on any atom is 0.331 e. The summed E-state index contributed by atoms with van der Waals surface area (Å²) in [6.45, 7) is 1.40. The number of rotatable bonds is 3. The third-order valence-corrected chi connectivity index (χ3v) is 2.12. The fourth-order valence-corrected chi connectivity index (χ4v) is 0.822. The van der Waals surface area contributed by atoms with Gasteiger partial charge in [0.25, 0.3) is 0 Å². The molecule has 0 atom stereocenters. The van der Waals surface area contributed by atoms with Gasteiger partial charge in [0.1, 0.15) is 0 Å². The van der Waals surface area contributed by atoms with Crippen LogP contribution in [0.25, 0.3) is 0 Å². The van der Waals surface area contributed by atoms with Crippen LogP contribution in [0, 0.1) is 0 Å². The van der Waals surface area contributed by atoms with Crippen LogP contribution in [0.3, 0.4) is 0 Å². The lowest BCUT2D eigenvalue weighted by Gasteiger charge is -2.10. The first kappa shape index (κ1) is 11.1. The van der Waals surface area contributed by atoms with Crippen LogP contribution >= 0.6 is 34.8 Å². The first-order valence-electron chi connectivity index (χ1n) is 2.75. The SMILES string of the molecule is C/C(=C\C(Cl)(Cl)CCl)C(=O)O. The Balaban J connectivity index is 4.41. The van der Waals surface area contributed by atoms with Crippen LogP contribution in [-0.4, -0.2) is 21.3 Å². The summed E-state index contributed by atoms with van der Waals surface area (Å²) in [6.07, 6.45) is 1.20. The van der Waals surface area contributed by atoms with E-state index in [1.165, 1.54) is 13.0 Å². The summed E-state index contributed by atoms with van der Waals surface area (Å²) >= 11 is 16.4. The zero-order valence-corrected chi connectivity index (χ0v) is 8.04. The summed E-state index contributed by atoms with van der Waals surface area (Å²) in [5.74, 6) is -1.10. The van der Waals surface area contributed by atoms with Crippen molar-refractivity contribution in [2.45, 2.75) is 11.3 Å². The van der Waals surface area contributed by atoms with E-state index in [4.69, 9.17) is 39.9 Å². The van der Waals surface area contributed by atoms with Crippen LogP contribution in [0.2, 0.25) is 0 Å². The van der Waals surface area contributed by atoms with Crippen LogP contribution in [0.15, 0.2) is 11.6 Å². The Morgan fingerprint density at radius 2 is 2.09 bits per heavy atom. The predicted octanol–water partition coefficient (Wildman–Crippen LogP) is 2.43. The number of carboxylic acids is 1. The van der Waals surface area contributed by atoms with Gasteiger partial charge in [-0.2, -0.15) is 0 Å². The maximum atomic E-state index is 10.3. The number of allylic oxidation sites excluding steroid dienone is 1. The second-order valence-electron chi connectivity index (χ2n) is 2.03. The Morgan fingerprint density at radius 3 is 2.36 bits per heavy atom. The summed E-state index contributed by atoms with van der Waals surface area (Å²) in [4.78, 5) is 10.3. The molecule has 0 amide bonds. The first-order chi connectivity index (χ1) is 4.89. The third-order valence-electron chi connectivity index (χ3n) is 0.943. The summed E-state index contributed by atoms with van der Waals surface area (Å²) in [5, 5.41) is 8.41. The second kappa shape index (κ2) is 4.19. The van der Waals surface area contributed by atoms with E-state index in [1.54, 1.807) is 0 Å². The summed E-state index contributed by atoms with van der Waals surface area (Å²) in [6, 6.07) is 0. The lowest BCUT2D eigenvalue weighted by molar-refractivity contribution is -0.132. The Bertz CT molecular complexity index is 186. The van der Waals surface area contributed by atoms with Crippen LogP contribution in [-0.2, 0) is 4.79 Å². The van der Waals surface area contributed by atoms with Gasteiger partial charge in [-0.3, -0.25) is 0 Å². The summed E-state index contributed by atoms with van der Waals surface area (Å²) in [7, 11) is 0. The standard InChI is InChI=1S/C6H7Cl3O2/c1-4(5(10)11)2-6(8,9)3-7/h2H,3H2,1H3,(H,10,11)/b4-2+. The van der Waals surface area contributed by atoms with E-state index in [0.717, 1.165) is 0 Å². The monoisotopic (exact) mass is 216 g/mol. The van der Waals surface area contributed by atoms with Crippen molar-refractivity contribution >= 4 is 40.8 Å². The van der Waals surface area contributed by atoms with Crippen LogP contribution < -0.4 is 0 Å². The average molecular weight is 217 g/mol. The number of hydrogen-bond acceptors (Lipinski definition) is 1. The van der Waals surface area contributed by atoms with Crippen molar-refractivity contribution in [3.63, 3.8) is 0 Å².